The van der Waals surface area contributed by atoms with E-state index < -0.39 is 0 Å². The van der Waals surface area contributed by atoms with Gasteiger partial charge in [-0.2, -0.15) is 5.10 Å². The van der Waals surface area contributed by atoms with E-state index in [0.717, 1.165) is 76.8 Å². The predicted molar refractivity (Wildman–Crippen MR) is 102 cm³/mol. The molecule has 2 saturated heterocycles. The summed E-state index contributed by atoms with van der Waals surface area (Å²) >= 11 is 0. The standard InChI is InChI=1S/C20H31N5O2/c1-2-15-12-18(23-22-15)20(27)24-10-7-17(8-11-24)25-9-3-4-14(13-25)19(26)21-16-5-6-16/h12,14,16-17H,2-11,13H2,1H3,(H,21,26)(H,22,23)/t14-/m0/s1. The summed E-state index contributed by atoms with van der Waals surface area (Å²) in [5.74, 6) is 0.417. The number of nitrogens with one attached hydrogen (secondary N) is 2. The summed E-state index contributed by atoms with van der Waals surface area (Å²) in [6, 6.07) is 2.79. The molecule has 3 aliphatic rings. The number of carbonyl (C=O) groups is 2. The van der Waals surface area contributed by atoms with E-state index in [0.29, 0.717) is 17.8 Å². The molecular weight excluding hydrogens is 342 g/mol. The van der Waals surface area contributed by atoms with Crippen molar-refractivity contribution in [3.8, 4) is 0 Å². The molecule has 1 aromatic rings. The quantitative estimate of drug-likeness (QED) is 0.821. The van der Waals surface area contributed by atoms with Crippen molar-refractivity contribution in [1.82, 2.24) is 25.3 Å². The third kappa shape index (κ3) is 4.34. The fourth-order valence-corrected chi connectivity index (χ4v) is 4.35. The summed E-state index contributed by atoms with van der Waals surface area (Å²) in [4.78, 5) is 29.5. The van der Waals surface area contributed by atoms with Crippen molar-refractivity contribution in [2.45, 2.75) is 64.0 Å². The van der Waals surface area contributed by atoms with Gasteiger partial charge in [0.15, 0.2) is 0 Å². The second-order valence-corrected chi connectivity index (χ2v) is 8.27. The molecule has 0 bridgehead atoms. The Balaban J connectivity index is 1.28. The van der Waals surface area contributed by atoms with Gasteiger partial charge < -0.3 is 10.2 Å². The molecule has 2 aliphatic heterocycles. The van der Waals surface area contributed by atoms with Crippen LogP contribution in [0.5, 0.6) is 0 Å². The molecule has 7 heteroatoms. The Morgan fingerprint density at radius 1 is 1.19 bits per heavy atom. The minimum atomic E-state index is 0.0322. The Bertz CT molecular complexity index is 676. The maximum atomic E-state index is 12.6. The maximum absolute atomic E-state index is 12.6. The number of H-pyrrole nitrogens is 1. The molecule has 27 heavy (non-hydrogen) atoms. The number of nitrogens with zero attached hydrogens (tertiary/aromatic N) is 3. The lowest BCUT2D eigenvalue weighted by molar-refractivity contribution is -0.127. The van der Waals surface area contributed by atoms with E-state index in [1.165, 1.54) is 0 Å². The van der Waals surface area contributed by atoms with Crippen molar-refractivity contribution in [2.24, 2.45) is 5.92 Å². The number of aromatic amines is 1. The fraction of sp³-hybridized carbons (Fsp3) is 0.750. The van der Waals surface area contributed by atoms with Gasteiger partial charge in [0.2, 0.25) is 5.91 Å². The molecule has 1 aromatic heterocycles. The van der Waals surface area contributed by atoms with E-state index in [1.54, 1.807) is 0 Å². The van der Waals surface area contributed by atoms with Crippen LogP contribution in [0, 0.1) is 5.92 Å². The summed E-state index contributed by atoms with van der Waals surface area (Å²) in [6.45, 7) is 5.53. The van der Waals surface area contributed by atoms with Gasteiger partial charge in [0.05, 0.1) is 5.92 Å². The van der Waals surface area contributed by atoms with Gasteiger partial charge in [-0.1, -0.05) is 6.92 Å². The number of likely N-dealkylation sites (tertiary alicyclic amines) is 2. The zero-order chi connectivity index (χ0) is 18.8. The van der Waals surface area contributed by atoms with Crippen molar-refractivity contribution < 1.29 is 9.59 Å². The molecule has 1 atom stereocenters. The number of hydrogen-bond donors (Lipinski definition) is 2. The third-order valence-corrected chi connectivity index (χ3v) is 6.25. The lowest BCUT2D eigenvalue weighted by Crippen LogP contribution is -2.51. The van der Waals surface area contributed by atoms with E-state index in [4.69, 9.17) is 0 Å². The van der Waals surface area contributed by atoms with Crippen LogP contribution in [-0.2, 0) is 11.2 Å². The second kappa shape index (κ2) is 8.00. The van der Waals surface area contributed by atoms with Gasteiger partial charge in [0.1, 0.15) is 5.69 Å². The van der Waals surface area contributed by atoms with Gasteiger partial charge in [0, 0.05) is 37.4 Å². The smallest absolute Gasteiger partial charge is 0.274 e. The number of piperidine rings is 2. The van der Waals surface area contributed by atoms with Gasteiger partial charge in [0.25, 0.3) is 5.91 Å². The maximum Gasteiger partial charge on any atom is 0.274 e. The number of amides is 2. The molecule has 0 radical (unpaired) electrons. The summed E-state index contributed by atoms with van der Waals surface area (Å²) in [7, 11) is 0. The summed E-state index contributed by atoms with van der Waals surface area (Å²) in [5, 5.41) is 10.2. The van der Waals surface area contributed by atoms with Crippen molar-refractivity contribution in [3.05, 3.63) is 17.5 Å². The van der Waals surface area contributed by atoms with Crippen LogP contribution in [0.4, 0.5) is 0 Å². The van der Waals surface area contributed by atoms with Crippen LogP contribution in [0.2, 0.25) is 0 Å². The fourth-order valence-electron chi connectivity index (χ4n) is 4.35. The minimum Gasteiger partial charge on any atom is -0.353 e. The van der Waals surface area contributed by atoms with E-state index in [9.17, 15) is 9.59 Å². The number of aryl methyl sites for hydroxylation is 1. The molecule has 3 fully saturated rings. The summed E-state index contributed by atoms with van der Waals surface area (Å²) in [5.41, 5.74) is 1.53. The van der Waals surface area contributed by atoms with E-state index in [-0.39, 0.29) is 17.7 Å². The van der Waals surface area contributed by atoms with E-state index in [1.807, 2.05) is 17.9 Å². The number of rotatable bonds is 5. The first-order valence-electron chi connectivity index (χ1n) is 10.5. The minimum absolute atomic E-state index is 0.0322. The van der Waals surface area contributed by atoms with Crippen LogP contribution in [-0.4, -0.2) is 70.1 Å². The zero-order valence-electron chi connectivity index (χ0n) is 16.2. The van der Waals surface area contributed by atoms with Gasteiger partial charge in [-0.05, 0) is 57.6 Å². The molecule has 0 aromatic carbocycles. The van der Waals surface area contributed by atoms with Crippen LogP contribution in [0.25, 0.3) is 0 Å². The lowest BCUT2D eigenvalue weighted by atomic mass is 9.93. The van der Waals surface area contributed by atoms with Crippen LogP contribution in [0.3, 0.4) is 0 Å². The Hall–Kier alpha value is -1.89. The van der Waals surface area contributed by atoms with Crippen molar-refractivity contribution in [1.29, 1.82) is 0 Å². The SMILES string of the molecule is CCc1cc(C(=O)N2CCC(N3CCC[C@H](C(=O)NC4CC4)C3)CC2)n[nH]1. The van der Waals surface area contributed by atoms with Crippen LogP contribution in [0.1, 0.15) is 61.6 Å². The van der Waals surface area contributed by atoms with Crippen molar-refractivity contribution in [2.75, 3.05) is 26.2 Å². The van der Waals surface area contributed by atoms with Crippen LogP contribution < -0.4 is 5.32 Å². The third-order valence-electron chi connectivity index (χ3n) is 6.25. The van der Waals surface area contributed by atoms with E-state index >= 15 is 0 Å². The van der Waals surface area contributed by atoms with Gasteiger partial charge in [-0.25, -0.2) is 0 Å². The molecule has 2 amide bonds. The first-order chi connectivity index (χ1) is 13.1. The molecule has 1 saturated carbocycles. The Kier molecular flexibility index (Phi) is 5.48. The normalized spacial score (nSPS) is 24.8. The average Bonchev–Trinajstić information content (AvgIpc) is 3.40. The van der Waals surface area contributed by atoms with Gasteiger partial charge in [-0.15, -0.1) is 0 Å². The van der Waals surface area contributed by atoms with Gasteiger partial charge in [-0.3, -0.25) is 19.6 Å². The summed E-state index contributed by atoms with van der Waals surface area (Å²) < 4.78 is 0. The second-order valence-electron chi connectivity index (χ2n) is 8.27. The largest absolute Gasteiger partial charge is 0.353 e. The summed E-state index contributed by atoms with van der Waals surface area (Å²) in [6.07, 6.45) is 7.20. The molecular formula is C20H31N5O2. The molecule has 148 valence electrons. The van der Waals surface area contributed by atoms with Gasteiger partial charge >= 0.3 is 0 Å². The molecule has 0 spiro atoms. The topological polar surface area (TPSA) is 81.3 Å². The van der Waals surface area contributed by atoms with Crippen LogP contribution in [0.15, 0.2) is 6.07 Å². The highest BCUT2D eigenvalue weighted by Gasteiger charge is 2.34. The van der Waals surface area contributed by atoms with E-state index in [2.05, 4.69) is 20.4 Å². The number of aromatic nitrogens is 2. The Labute approximate surface area is 160 Å². The van der Waals surface area contributed by atoms with Crippen molar-refractivity contribution >= 4 is 11.8 Å². The molecule has 3 heterocycles. The molecule has 4 rings (SSSR count). The highest BCUT2D eigenvalue weighted by atomic mass is 16.2. The zero-order valence-corrected chi connectivity index (χ0v) is 16.2. The predicted octanol–water partition coefficient (Wildman–Crippen LogP) is 1.57. The highest BCUT2D eigenvalue weighted by molar-refractivity contribution is 5.92. The lowest BCUT2D eigenvalue weighted by Gasteiger charge is -2.41. The van der Waals surface area contributed by atoms with Crippen LogP contribution >= 0.6 is 0 Å². The first-order valence-corrected chi connectivity index (χ1v) is 10.5. The Morgan fingerprint density at radius 2 is 1.96 bits per heavy atom. The number of hydrogen-bond acceptors (Lipinski definition) is 4. The Morgan fingerprint density at radius 3 is 2.63 bits per heavy atom. The average molecular weight is 374 g/mol. The monoisotopic (exact) mass is 373 g/mol. The van der Waals surface area contributed by atoms with Crippen molar-refractivity contribution in [3.63, 3.8) is 0 Å². The first kappa shape index (κ1) is 18.5. The highest BCUT2D eigenvalue weighted by Crippen LogP contribution is 2.26. The molecule has 1 aliphatic carbocycles. The molecule has 0 unspecified atom stereocenters. The number of carbonyl (C=O) groups excluding carboxylic acids is 2. The molecule has 2 N–H and O–H groups in total. The molecule has 7 nitrogen and oxygen atoms in total.